The number of halogens is 3. The quantitative estimate of drug-likeness (QED) is 0.251. The molecule has 1 aromatic heterocycles. The molecule has 0 aliphatic rings. The van der Waals surface area contributed by atoms with E-state index in [-0.39, 0.29) is 23.0 Å². The molecule has 4 rings (SSSR count). The molecule has 4 aromatic rings. The number of hydrogen-bond donors (Lipinski definition) is 1. The number of rotatable bonds is 8. The lowest BCUT2D eigenvalue weighted by molar-refractivity contribution is -0.118. The Morgan fingerprint density at radius 2 is 2.03 bits per heavy atom. The van der Waals surface area contributed by atoms with Gasteiger partial charge in [-0.1, -0.05) is 47.4 Å². The first-order valence-electron chi connectivity index (χ1n) is 11.5. The Morgan fingerprint density at radius 1 is 1.24 bits per heavy atom. The number of carbonyl (C=O) groups is 1. The fraction of sp³-hybridized carbons (Fsp3) is 0.185. The lowest BCUT2D eigenvalue weighted by atomic mass is 10.2. The van der Waals surface area contributed by atoms with Crippen LogP contribution in [0, 0.1) is 5.82 Å². The Kier molecular flexibility index (Phi) is 8.43. The number of benzene rings is 3. The van der Waals surface area contributed by atoms with Crippen molar-refractivity contribution in [1.29, 1.82) is 0 Å². The fourth-order valence-corrected chi connectivity index (χ4v) is 4.24. The average molecular weight is 602 g/mol. The van der Waals surface area contributed by atoms with Crippen molar-refractivity contribution >= 4 is 56.2 Å². The first kappa shape index (κ1) is 27.3. The second-order valence-electron chi connectivity index (χ2n) is 8.52. The van der Waals surface area contributed by atoms with Gasteiger partial charge in [-0.2, -0.15) is 9.78 Å². The first-order valence-corrected chi connectivity index (χ1v) is 12.7. The number of anilines is 1. The molecule has 196 valence electrons. The molecule has 11 heteroatoms. The van der Waals surface area contributed by atoms with Crippen LogP contribution in [-0.4, -0.2) is 35.5 Å². The molecule has 0 aliphatic carbocycles. The van der Waals surface area contributed by atoms with Crippen LogP contribution in [0.4, 0.5) is 10.1 Å². The average Bonchev–Trinajstić information content (AvgIpc) is 2.87. The highest BCUT2D eigenvalue weighted by Crippen LogP contribution is 2.34. The predicted octanol–water partition coefficient (Wildman–Crippen LogP) is 5.98. The van der Waals surface area contributed by atoms with Crippen molar-refractivity contribution in [2.45, 2.75) is 19.8 Å². The fourth-order valence-electron chi connectivity index (χ4n) is 3.66. The van der Waals surface area contributed by atoms with E-state index in [9.17, 15) is 14.0 Å². The van der Waals surface area contributed by atoms with E-state index in [4.69, 9.17) is 21.1 Å². The van der Waals surface area contributed by atoms with Gasteiger partial charge in [0.1, 0.15) is 11.6 Å². The van der Waals surface area contributed by atoms with E-state index in [1.165, 1.54) is 42.3 Å². The first-order chi connectivity index (χ1) is 18.2. The summed E-state index contributed by atoms with van der Waals surface area (Å²) in [5.41, 5.74) is 0.872. The summed E-state index contributed by atoms with van der Waals surface area (Å²) in [6, 6.07) is 13.9. The zero-order valence-electron chi connectivity index (χ0n) is 20.7. The van der Waals surface area contributed by atoms with Gasteiger partial charge in [-0.05, 0) is 42.5 Å². The Morgan fingerprint density at radius 3 is 2.74 bits per heavy atom. The number of ether oxygens (including phenoxy) is 2. The Bertz CT molecular complexity index is 1610. The normalized spacial score (nSPS) is 11.3. The number of methoxy groups -OCH3 is 1. The monoisotopic (exact) mass is 600 g/mol. The third-order valence-electron chi connectivity index (χ3n) is 5.39. The molecule has 0 bridgehead atoms. The second-order valence-corrected chi connectivity index (χ2v) is 9.87. The van der Waals surface area contributed by atoms with Gasteiger partial charge in [-0.3, -0.25) is 9.59 Å². The molecule has 8 nitrogen and oxygen atoms in total. The Labute approximate surface area is 231 Å². The van der Waals surface area contributed by atoms with E-state index in [2.05, 4.69) is 31.3 Å². The zero-order chi connectivity index (χ0) is 27.4. The molecule has 0 aliphatic heterocycles. The van der Waals surface area contributed by atoms with E-state index < -0.39 is 18.3 Å². The number of carbonyl (C=O) groups excluding carboxylic acids is 1. The molecular weight excluding hydrogens is 579 g/mol. The van der Waals surface area contributed by atoms with Crippen LogP contribution < -0.4 is 20.3 Å². The lowest BCUT2D eigenvalue weighted by Crippen LogP contribution is -2.23. The second kappa shape index (κ2) is 11.7. The smallest absolute Gasteiger partial charge is 0.282 e. The number of nitrogens with one attached hydrogen (secondary N) is 1. The third kappa shape index (κ3) is 6.20. The summed E-state index contributed by atoms with van der Waals surface area (Å²) in [5, 5.41) is 7.72. The molecular formula is C27H23BrClFN4O4. The predicted molar refractivity (Wildman–Crippen MR) is 149 cm³/mol. The summed E-state index contributed by atoms with van der Waals surface area (Å²) in [7, 11) is 1.43. The summed E-state index contributed by atoms with van der Waals surface area (Å²) < 4.78 is 26.6. The van der Waals surface area contributed by atoms with Crippen molar-refractivity contribution in [2.75, 3.05) is 19.0 Å². The van der Waals surface area contributed by atoms with Crippen LogP contribution in [0.2, 0.25) is 5.02 Å². The van der Waals surface area contributed by atoms with Crippen LogP contribution in [0.15, 0.2) is 69.0 Å². The molecule has 38 heavy (non-hydrogen) atoms. The van der Waals surface area contributed by atoms with Gasteiger partial charge in [0.25, 0.3) is 11.5 Å². The van der Waals surface area contributed by atoms with Crippen LogP contribution in [0.5, 0.6) is 11.5 Å². The highest BCUT2D eigenvalue weighted by molar-refractivity contribution is 9.10. The minimum Gasteiger partial charge on any atom is -0.493 e. The summed E-state index contributed by atoms with van der Waals surface area (Å²) in [4.78, 5) is 30.4. The van der Waals surface area contributed by atoms with E-state index in [0.29, 0.717) is 33.0 Å². The molecule has 1 N–H and O–H groups in total. The molecule has 1 heterocycles. The third-order valence-corrected chi connectivity index (χ3v) is 6.10. The van der Waals surface area contributed by atoms with E-state index in [1.807, 2.05) is 19.9 Å². The highest BCUT2D eigenvalue weighted by Gasteiger charge is 2.17. The van der Waals surface area contributed by atoms with Crippen LogP contribution in [0.3, 0.4) is 0 Å². The topological polar surface area (TPSA) is 94.8 Å². The van der Waals surface area contributed by atoms with Gasteiger partial charge >= 0.3 is 0 Å². The van der Waals surface area contributed by atoms with Crippen molar-refractivity contribution in [3.05, 3.63) is 91.7 Å². The summed E-state index contributed by atoms with van der Waals surface area (Å²) in [5.74, 6) is -0.192. The number of fused-ring (bicyclic) bond motifs is 1. The van der Waals surface area contributed by atoms with Crippen LogP contribution >= 0.6 is 27.5 Å². The standard InChI is InChI=1S/C27H23BrClFN4O4/c1-15(2)26-33-22-8-7-17(28)10-21(22)27(36)34(26)31-13-16-9-18(29)11-23(37-3)25(16)38-14-24(35)32-20-6-4-5-19(30)12-20/h4-13,15H,14H2,1-3H3,(H,32,35). The van der Waals surface area contributed by atoms with Gasteiger partial charge < -0.3 is 14.8 Å². The van der Waals surface area contributed by atoms with Gasteiger partial charge in [0.15, 0.2) is 18.1 Å². The summed E-state index contributed by atoms with van der Waals surface area (Å²) in [6.45, 7) is 3.41. The summed E-state index contributed by atoms with van der Waals surface area (Å²) in [6.07, 6.45) is 1.40. The number of aromatic nitrogens is 2. The molecule has 0 fully saturated rings. The molecule has 0 radical (unpaired) electrons. The van der Waals surface area contributed by atoms with Crippen molar-refractivity contribution in [1.82, 2.24) is 9.66 Å². The maximum Gasteiger partial charge on any atom is 0.282 e. The Hall–Kier alpha value is -3.76. The number of amides is 1. The van der Waals surface area contributed by atoms with Gasteiger partial charge in [-0.25, -0.2) is 9.37 Å². The summed E-state index contributed by atoms with van der Waals surface area (Å²) >= 11 is 9.67. The molecule has 0 spiro atoms. The largest absolute Gasteiger partial charge is 0.493 e. The maximum atomic E-state index is 13.4. The molecule has 3 aromatic carbocycles. The molecule has 0 unspecified atom stereocenters. The molecule has 1 amide bonds. The van der Waals surface area contributed by atoms with Crippen LogP contribution in [0.25, 0.3) is 10.9 Å². The maximum absolute atomic E-state index is 13.4. The lowest BCUT2D eigenvalue weighted by Gasteiger charge is -2.15. The van der Waals surface area contributed by atoms with Gasteiger partial charge in [0.05, 0.1) is 24.2 Å². The minimum absolute atomic E-state index is 0.107. The molecule has 0 saturated heterocycles. The van der Waals surface area contributed by atoms with E-state index in [1.54, 1.807) is 24.3 Å². The van der Waals surface area contributed by atoms with Gasteiger partial charge in [0.2, 0.25) is 0 Å². The van der Waals surface area contributed by atoms with Crippen molar-refractivity contribution in [3.63, 3.8) is 0 Å². The zero-order valence-corrected chi connectivity index (χ0v) is 23.0. The van der Waals surface area contributed by atoms with Crippen molar-refractivity contribution < 1.29 is 18.7 Å². The molecule has 0 saturated carbocycles. The van der Waals surface area contributed by atoms with Crippen LogP contribution in [0.1, 0.15) is 31.2 Å². The minimum atomic E-state index is -0.516. The van der Waals surface area contributed by atoms with Gasteiger partial charge in [0, 0.05) is 32.7 Å². The molecule has 0 atom stereocenters. The number of hydrogen-bond acceptors (Lipinski definition) is 6. The van der Waals surface area contributed by atoms with Crippen molar-refractivity contribution in [3.8, 4) is 11.5 Å². The van der Waals surface area contributed by atoms with E-state index in [0.717, 1.165) is 4.47 Å². The highest BCUT2D eigenvalue weighted by atomic mass is 79.9. The SMILES string of the molecule is COc1cc(Cl)cc(C=Nn2c(C(C)C)nc3ccc(Br)cc3c2=O)c1OCC(=O)Nc1cccc(F)c1. The van der Waals surface area contributed by atoms with Crippen LogP contribution in [-0.2, 0) is 4.79 Å². The van der Waals surface area contributed by atoms with E-state index >= 15 is 0 Å². The number of nitrogens with zero attached hydrogens (tertiary/aromatic N) is 3. The van der Waals surface area contributed by atoms with Crippen molar-refractivity contribution in [2.24, 2.45) is 5.10 Å². The Balaban J connectivity index is 1.69. The van der Waals surface area contributed by atoms with Gasteiger partial charge in [-0.15, -0.1) is 0 Å².